The van der Waals surface area contributed by atoms with Crippen LogP contribution >= 0.6 is 15.9 Å². The summed E-state index contributed by atoms with van der Waals surface area (Å²) in [5.74, 6) is -0.316. The Balaban J connectivity index is 2.35. The number of carbonyl (C=O) groups excluding carboxylic acids is 2. The van der Waals surface area contributed by atoms with Gasteiger partial charge in [-0.05, 0) is 37.6 Å². The monoisotopic (exact) mass is 343 g/mol. The van der Waals surface area contributed by atoms with Crippen LogP contribution in [0.1, 0.15) is 20.3 Å². The maximum absolute atomic E-state index is 11.7. The molecule has 0 heterocycles. The van der Waals surface area contributed by atoms with E-state index in [4.69, 9.17) is 9.47 Å². The Bertz CT molecular complexity index is 447. The van der Waals surface area contributed by atoms with Crippen molar-refractivity contribution in [2.45, 2.75) is 26.4 Å². The lowest BCUT2D eigenvalue weighted by Crippen LogP contribution is -2.33. The minimum Gasteiger partial charge on any atom is -0.479 e. The van der Waals surface area contributed by atoms with Crippen LogP contribution in [-0.2, 0) is 14.3 Å². The van der Waals surface area contributed by atoms with Gasteiger partial charge in [0.1, 0.15) is 5.75 Å². The molecule has 0 bridgehead atoms. The number of esters is 1. The lowest BCUT2D eigenvalue weighted by molar-refractivity contribution is -0.154. The van der Waals surface area contributed by atoms with Crippen LogP contribution < -0.4 is 10.1 Å². The molecule has 5 nitrogen and oxygen atoms in total. The summed E-state index contributed by atoms with van der Waals surface area (Å²) < 4.78 is 11.2. The van der Waals surface area contributed by atoms with Gasteiger partial charge in [-0.15, -0.1) is 0 Å². The van der Waals surface area contributed by atoms with Crippen molar-refractivity contribution in [3.05, 3.63) is 28.7 Å². The largest absolute Gasteiger partial charge is 0.479 e. The number of carbonyl (C=O) groups is 2. The van der Waals surface area contributed by atoms with E-state index < -0.39 is 12.1 Å². The molecule has 110 valence electrons. The van der Waals surface area contributed by atoms with Gasteiger partial charge >= 0.3 is 5.97 Å². The smallest absolute Gasteiger partial charge is 0.347 e. The summed E-state index contributed by atoms with van der Waals surface area (Å²) in [5, 5.41) is 2.62. The molecule has 1 aromatic carbocycles. The molecule has 0 aliphatic heterocycles. The normalized spacial score (nSPS) is 11.6. The zero-order chi connectivity index (χ0) is 15.0. The van der Waals surface area contributed by atoms with Crippen molar-refractivity contribution in [3.63, 3.8) is 0 Å². The molecule has 1 rings (SSSR count). The standard InChI is InChI=1S/C14H18BrNO4/c1-3-8-16-13(17)9-19-14(18)10(2)20-12-6-4-11(15)5-7-12/h4-7,10H,3,8-9H2,1-2H3,(H,16,17)/t10-/m0/s1. The fourth-order valence-corrected chi connectivity index (χ4v) is 1.60. The molecule has 0 aliphatic rings. The number of ether oxygens (including phenoxy) is 2. The predicted molar refractivity (Wildman–Crippen MR) is 78.5 cm³/mol. The van der Waals surface area contributed by atoms with Gasteiger partial charge in [-0.25, -0.2) is 4.79 Å². The molecule has 0 radical (unpaired) electrons. The summed E-state index contributed by atoms with van der Waals surface area (Å²) in [6.07, 6.45) is 0.0677. The van der Waals surface area contributed by atoms with Crippen molar-refractivity contribution in [3.8, 4) is 5.75 Å². The van der Waals surface area contributed by atoms with Gasteiger partial charge in [0, 0.05) is 11.0 Å². The van der Waals surface area contributed by atoms with E-state index in [9.17, 15) is 9.59 Å². The van der Waals surface area contributed by atoms with Crippen LogP contribution in [0.4, 0.5) is 0 Å². The first-order chi connectivity index (χ1) is 9.52. The van der Waals surface area contributed by atoms with E-state index in [-0.39, 0.29) is 12.5 Å². The Kier molecular flexibility index (Phi) is 7.08. The van der Waals surface area contributed by atoms with E-state index in [0.29, 0.717) is 12.3 Å². The van der Waals surface area contributed by atoms with Crippen molar-refractivity contribution >= 4 is 27.8 Å². The van der Waals surface area contributed by atoms with Gasteiger partial charge in [0.15, 0.2) is 12.7 Å². The third-order valence-corrected chi connectivity index (χ3v) is 2.90. The van der Waals surface area contributed by atoms with E-state index in [0.717, 1.165) is 10.9 Å². The molecule has 1 N–H and O–H groups in total. The van der Waals surface area contributed by atoms with E-state index >= 15 is 0 Å². The molecule has 0 aliphatic carbocycles. The Labute approximate surface area is 126 Å². The van der Waals surface area contributed by atoms with Gasteiger partial charge in [-0.3, -0.25) is 4.79 Å². The average molecular weight is 344 g/mol. The molecule has 0 saturated heterocycles. The van der Waals surface area contributed by atoms with Crippen molar-refractivity contribution in [2.24, 2.45) is 0 Å². The maximum Gasteiger partial charge on any atom is 0.347 e. The Morgan fingerprint density at radius 3 is 2.55 bits per heavy atom. The molecule has 0 aromatic heterocycles. The van der Waals surface area contributed by atoms with Crippen LogP contribution in [0.5, 0.6) is 5.75 Å². The fraction of sp³-hybridized carbons (Fsp3) is 0.429. The number of halogens is 1. The first-order valence-corrected chi connectivity index (χ1v) is 7.17. The van der Waals surface area contributed by atoms with Crippen LogP contribution in [0.25, 0.3) is 0 Å². The molecule has 0 spiro atoms. The van der Waals surface area contributed by atoms with E-state index in [1.54, 1.807) is 19.1 Å². The predicted octanol–water partition coefficient (Wildman–Crippen LogP) is 2.29. The SMILES string of the molecule is CCCNC(=O)COC(=O)[C@H](C)Oc1ccc(Br)cc1. The number of benzene rings is 1. The molecule has 0 fully saturated rings. The van der Waals surface area contributed by atoms with Gasteiger partial charge in [0.05, 0.1) is 0 Å². The molecular weight excluding hydrogens is 326 g/mol. The molecule has 1 aromatic rings. The molecular formula is C14H18BrNO4. The summed E-state index contributed by atoms with van der Waals surface area (Å²) >= 11 is 3.31. The molecule has 0 saturated carbocycles. The molecule has 20 heavy (non-hydrogen) atoms. The minimum absolute atomic E-state index is 0.285. The summed E-state index contributed by atoms with van der Waals surface area (Å²) in [5.41, 5.74) is 0. The minimum atomic E-state index is -0.768. The Morgan fingerprint density at radius 2 is 1.95 bits per heavy atom. The topological polar surface area (TPSA) is 64.6 Å². The molecule has 1 amide bonds. The summed E-state index contributed by atoms with van der Waals surface area (Å²) in [6.45, 7) is 3.81. The van der Waals surface area contributed by atoms with Gasteiger partial charge in [-0.2, -0.15) is 0 Å². The fourth-order valence-electron chi connectivity index (χ4n) is 1.33. The molecule has 0 unspecified atom stereocenters. The van der Waals surface area contributed by atoms with Crippen LogP contribution in [-0.4, -0.2) is 31.1 Å². The van der Waals surface area contributed by atoms with E-state index in [2.05, 4.69) is 21.2 Å². The van der Waals surface area contributed by atoms with Crippen molar-refractivity contribution in [2.75, 3.05) is 13.2 Å². The van der Waals surface area contributed by atoms with Gasteiger partial charge < -0.3 is 14.8 Å². The van der Waals surface area contributed by atoms with Crippen LogP contribution in [0.2, 0.25) is 0 Å². The Morgan fingerprint density at radius 1 is 1.30 bits per heavy atom. The third kappa shape index (κ3) is 6.06. The van der Waals surface area contributed by atoms with Crippen LogP contribution in [0, 0.1) is 0 Å². The number of hydrogen-bond donors (Lipinski definition) is 1. The van der Waals surface area contributed by atoms with Crippen molar-refractivity contribution < 1.29 is 19.1 Å². The average Bonchev–Trinajstić information content (AvgIpc) is 2.44. The van der Waals surface area contributed by atoms with Gasteiger partial charge in [-0.1, -0.05) is 22.9 Å². The molecule has 6 heteroatoms. The first-order valence-electron chi connectivity index (χ1n) is 6.38. The first kappa shape index (κ1) is 16.5. The lowest BCUT2D eigenvalue weighted by atomic mass is 10.3. The highest BCUT2D eigenvalue weighted by molar-refractivity contribution is 9.10. The van der Waals surface area contributed by atoms with Gasteiger partial charge in [0.2, 0.25) is 0 Å². The number of amides is 1. The summed E-state index contributed by atoms with van der Waals surface area (Å²) in [6, 6.07) is 7.10. The quantitative estimate of drug-likeness (QED) is 0.771. The van der Waals surface area contributed by atoms with Gasteiger partial charge in [0.25, 0.3) is 5.91 Å². The second-order valence-corrected chi connectivity index (χ2v) is 5.09. The summed E-state index contributed by atoms with van der Waals surface area (Å²) in [7, 11) is 0. The zero-order valence-electron chi connectivity index (χ0n) is 11.5. The third-order valence-electron chi connectivity index (χ3n) is 2.38. The second kappa shape index (κ2) is 8.58. The highest BCUT2D eigenvalue weighted by Crippen LogP contribution is 2.17. The van der Waals surface area contributed by atoms with Crippen molar-refractivity contribution in [1.82, 2.24) is 5.32 Å². The Hall–Kier alpha value is -1.56. The molecule has 1 atom stereocenters. The number of nitrogens with one attached hydrogen (secondary N) is 1. The highest BCUT2D eigenvalue weighted by atomic mass is 79.9. The van der Waals surface area contributed by atoms with Crippen LogP contribution in [0.15, 0.2) is 28.7 Å². The van der Waals surface area contributed by atoms with E-state index in [1.165, 1.54) is 0 Å². The van der Waals surface area contributed by atoms with E-state index in [1.807, 2.05) is 19.1 Å². The summed E-state index contributed by atoms with van der Waals surface area (Å²) in [4.78, 5) is 22.9. The highest BCUT2D eigenvalue weighted by Gasteiger charge is 2.17. The lowest BCUT2D eigenvalue weighted by Gasteiger charge is -2.13. The van der Waals surface area contributed by atoms with Crippen LogP contribution in [0.3, 0.4) is 0 Å². The number of rotatable bonds is 7. The zero-order valence-corrected chi connectivity index (χ0v) is 13.1. The maximum atomic E-state index is 11.7. The number of hydrogen-bond acceptors (Lipinski definition) is 4. The van der Waals surface area contributed by atoms with Crippen molar-refractivity contribution in [1.29, 1.82) is 0 Å². The second-order valence-electron chi connectivity index (χ2n) is 4.17.